The van der Waals surface area contributed by atoms with Crippen LogP contribution in [0.5, 0.6) is 11.5 Å². The SMILES string of the molecule is CN1CCCC[C@H]1C(Oc1ccc(OC(c2cccc3ccccc23)[C@@H]2CCCCN2C)c2c1C(=O)c1ccccc1C2=O)c1cccc2ccccc12. The second-order valence-electron chi connectivity index (χ2n) is 15.3. The normalized spacial score (nSPS) is 20.3. The molecular formula is C48H46N2O4. The first-order valence-corrected chi connectivity index (χ1v) is 19.5. The number of ketones is 2. The fourth-order valence-electron chi connectivity index (χ4n) is 9.30. The third kappa shape index (κ3) is 6.08. The van der Waals surface area contributed by atoms with Crippen molar-refractivity contribution in [3.05, 3.63) is 155 Å². The quantitative estimate of drug-likeness (QED) is 0.156. The van der Waals surface area contributed by atoms with E-state index in [4.69, 9.17) is 9.47 Å². The van der Waals surface area contributed by atoms with Crippen molar-refractivity contribution in [3.8, 4) is 11.5 Å². The van der Waals surface area contributed by atoms with Crippen LogP contribution >= 0.6 is 0 Å². The average molecular weight is 715 g/mol. The molecule has 2 fully saturated rings. The molecule has 6 heteroatoms. The van der Waals surface area contributed by atoms with E-state index in [1.165, 1.54) is 0 Å². The lowest BCUT2D eigenvalue weighted by atomic mass is 9.82. The number of carbonyl (C=O) groups is 2. The van der Waals surface area contributed by atoms with Crippen LogP contribution < -0.4 is 9.47 Å². The van der Waals surface area contributed by atoms with Gasteiger partial charge in [-0.05, 0) is 86.5 Å². The second kappa shape index (κ2) is 14.5. The van der Waals surface area contributed by atoms with Gasteiger partial charge >= 0.3 is 0 Å². The number of piperidine rings is 2. The monoisotopic (exact) mass is 714 g/mol. The molecule has 6 aromatic carbocycles. The highest BCUT2D eigenvalue weighted by atomic mass is 16.5. The van der Waals surface area contributed by atoms with Crippen LogP contribution in [-0.2, 0) is 0 Å². The van der Waals surface area contributed by atoms with Crippen LogP contribution in [0.4, 0.5) is 0 Å². The molecule has 9 rings (SSSR count). The third-order valence-corrected chi connectivity index (χ3v) is 12.1. The second-order valence-corrected chi connectivity index (χ2v) is 15.3. The van der Waals surface area contributed by atoms with E-state index in [0.29, 0.717) is 22.6 Å². The number of rotatable bonds is 8. The van der Waals surface area contributed by atoms with Gasteiger partial charge < -0.3 is 9.47 Å². The van der Waals surface area contributed by atoms with Gasteiger partial charge in [0.2, 0.25) is 0 Å². The molecule has 6 aromatic rings. The Hall–Kier alpha value is -5.30. The van der Waals surface area contributed by atoms with Gasteiger partial charge in [-0.3, -0.25) is 19.4 Å². The number of nitrogens with zero attached hydrogens (tertiary/aromatic N) is 2. The molecule has 1 aliphatic carbocycles. The zero-order valence-electron chi connectivity index (χ0n) is 31.0. The van der Waals surface area contributed by atoms with Crippen molar-refractivity contribution in [1.29, 1.82) is 0 Å². The van der Waals surface area contributed by atoms with Gasteiger partial charge in [0.1, 0.15) is 23.7 Å². The Labute approximate surface area is 317 Å². The number of ether oxygens (including phenoxy) is 2. The summed E-state index contributed by atoms with van der Waals surface area (Å²) >= 11 is 0. The van der Waals surface area contributed by atoms with Crippen molar-refractivity contribution in [3.63, 3.8) is 0 Å². The van der Waals surface area contributed by atoms with Gasteiger partial charge in [-0.15, -0.1) is 0 Å². The Morgan fingerprint density at radius 1 is 0.500 bits per heavy atom. The Morgan fingerprint density at radius 2 is 0.907 bits per heavy atom. The standard InChI is InChI=1S/C48H46N2O4/c1-49-29-11-9-25-39(49)47(37-23-13-17-31-15-3-5-19-33(31)37)53-41-27-28-42(44-43(41)45(51)35-21-7-8-22-36(35)46(44)52)54-48(40-26-10-12-30-50(40)2)38-24-14-18-32-16-4-6-20-34(32)38/h3-8,13-24,27-28,39-40,47-48H,9-12,25-26,29-30H2,1-2H3/t39-,40-,47?,48?/m0/s1. The summed E-state index contributed by atoms with van der Waals surface area (Å²) in [5.41, 5.74) is 3.51. The van der Waals surface area contributed by atoms with Gasteiger partial charge in [-0.25, -0.2) is 0 Å². The predicted molar refractivity (Wildman–Crippen MR) is 215 cm³/mol. The highest BCUT2D eigenvalue weighted by Gasteiger charge is 2.40. The molecule has 0 aromatic heterocycles. The zero-order chi connectivity index (χ0) is 36.8. The highest BCUT2D eigenvalue weighted by Crippen LogP contribution is 2.45. The lowest BCUT2D eigenvalue weighted by Gasteiger charge is -2.40. The summed E-state index contributed by atoms with van der Waals surface area (Å²) in [6, 6.07) is 40.6. The summed E-state index contributed by atoms with van der Waals surface area (Å²) in [4.78, 5) is 34.3. The van der Waals surface area contributed by atoms with Gasteiger partial charge in [-0.1, -0.05) is 122 Å². The smallest absolute Gasteiger partial charge is 0.198 e. The molecule has 0 spiro atoms. The lowest BCUT2D eigenvalue weighted by Crippen LogP contribution is -2.43. The fourth-order valence-corrected chi connectivity index (χ4v) is 9.30. The average Bonchev–Trinajstić information content (AvgIpc) is 3.21. The third-order valence-electron chi connectivity index (χ3n) is 12.1. The molecule has 0 N–H and O–H groups in total. The Morgan fingerprint density at radius 3 is 1.35 bits per heavy atom. The first-order chi connectivity index (χ1) is 26.5. The van der Waals surface area contributed by atoms with Crippen LogP contribution in [0.3, 0.4) is 0 Å². The summed E-state index contributed by atoms with van der Waals surface area (Å²) < 4.78 is 14.4. The molecule has 6 nitrogen and oxygen atoms in total. The van der Waals surface area contributed by atoms with Gasteiger partial charge in [0.05, 0.1) is 23.2 Å². The van der Waals surface area contributed by atoms with E-state index in [9.17, 15) is 9.59 Å². The number of likely N-dealkylation sites (tertiary alicyclic amines) is 2. The minimum absolute atomic E-state index is 0.0791. The van der Waals surface area contributed by atoms with Crippen molar-refractivity contribution in [2.24, 2.45) is 0 Å². The molecule has 4 atom stereocenters. The van der Waals surface area contributed by atoms with Gasteiger partial charge in [0.15, 0.2) is 11.6 Å². The summed E-state index contributed by atoms with van der Waals surface area (Å²) in [6.07, 6.45) is 5.63. The molecule has 2 heterocycles. The molecule has 0 radical (unpaired) electrons. The van der Waals surface area contributed by atoms with Crippen LogP contribution in [-0.4, -0.2) is 60.6 Å². The maximum absolute atomic E-state index is 14.8. The molecule has 2 saturated heterocycles. The Bertz CT molecular complexity index is 2210. The molecule has 0 amide bonds. The van der Waals surface area contributed by atoms with Gasteiger partial charge in [0, 0.05) is 22.3 Å². The number of benzene rings is 6. The molecule has 272 valence electrons. The molecular weight excluding hydrogens is 669 g/mol. The molecule has 54 heavy (non-hydrogen) atoms. The Balaban J connectivity index is 1.21. The van der Waals surface area contributed by atoms with Crippen molar-refractivity contribution < 1.29 is 19.1 Å². The molecule has 3 aliphatic rings. The minimum Gasteiger partial charge on any atom is -0.483 e. The summed E-state index contributed by atoms with van der Waals surface area (Å²) in [5.74, 6) is 0.397. The van der Waals surface area contributed by atoms with Crippen LogP contribution in [0.2, 0.25) is 0 Å². The predicted octanol–water partition coefficient (Wildman–Crippen LogP) is 9.98. The largest absolute Gasteiger partial charge is 0.483 e. The van der Waals surface area contributed by atoms with E-state index in [1.807, 2.05) is 24.3 Å². The molecule has 0 saturated carbocycles. The highest BCUT2D eigenvalue weighted by molar-refractivity contribution is 6.30. The molecule has 0 bridgehead atoms. The van der Waals surface area contributed by atoms with E-state index in [0.717, 1.165) is 84.3 Å². The van der Waals surface area contributed by atoms with Gasteiger partial charge in [0.25, 0.3) is 0 Å². The van der Waals surface area contributed by atoms with Crippen LogP contribution in [0.15, 0.2) is 121 Å². The van der Waals surface area contributed by atoms with Crippen molar-refractivity contribution in [2.75, 3.05) is 27.2 Å². The van der Waals surface area contributed by atoms with E-state index in [-0.39, 0.29) is 47.0 Å². The van der Waals surface area contributed by atoms with Crippen molar-refractivity contribution in [2.45, 2.75) is 62.8 Å². The fraction of sp³-hybridized carbons (Fsp3) is 0.292. The molecule has 2 aliphatic heterocycles. The van der Waals surface area contributed by atoms with Crippen LogP contribution in [0, 0.1) is 0 Å². The van der Waals surface area contributed by atoms with Crippen molar-refractivity contribution in [1.82, 2.24) is 9.80 Å². The Kier molecular flexibility index (Phi) is 9.26. The number of fused-ring (bicyclic) bond motifs is 4. The van der Waals surface area contributed by atoms with Gasteiger partial charge in [-0.2, -0.15) is 0 Å². The van der Waals surface area contributed by atoms with E-state index < -0.39 is 0 Å². The maximum atomic E-state index is 14.8. The topological polar surface area (TPSA) is 59.1 Å². The number of hydrogen-bond acceptors (Lipinski definition) is 6. The van der Waals surface area contributed by atoms with Crippen LogP contribution in [0.1, 0.15) is 93.7 Å². The minimum atomic E-state index is -0.378. The summed E-state index contributed by atoms with van der Waals surface area (Å²) in [5, 5.41) is 4.53. The zero-order valence-corrected chi connectivity index (χ0v) is 31.0. The maximum Gasteiger partial charge on any atom is 0.198 e. The number of hydrogen-bond donors (Lipinski definition) is 0. The van der Waals surface area contributed by atoms with E-state index >= 15 is 0 Å². The van der Waals surface area contributed by atoms with Crippen LogP contribution in [0.25, 0.3) is 21.5 Å². The summed E-state index contributed by atoms with van der Waals surface area (Å²) in [6.45, 7) is 1.94. The van der Waals surface area contributed by atoms with E-state index in [2.05, 4.69) is 109 Å². The number of likely N-dealkylation sites (N-methyl/N-ethyl adjacent to an activating group) is 2. The van der Waals surface area contributed by atoms with Crippen molar-refractivity contribution >= 4 is 33.1 Å². The first kappa shape index (κ1) is 34.5. The first-order valence-electron chi connectivity index (χ1n) is 19.5. The molecule has 2 unspecified atom stereocenters. The summed E-state index contributed by atoms with van der Waals surface area (Å²) in [7, 11) is 4.33. The lowest BCUT2D eigenvalue weighted by molar-refractivity contribution is 0.0538. The number of carbonyl (C=O) groups excluding carboxylic acids is 2. The van der Waals surface area contributed by atoms with E-state index in [1.54, 1.807) is 12.1 Å².